The number of hydrogen-bond donors (Lipinski definition) is 2. The van der Waals surface area contributed by atoms with Crippen LogP contribution in [-0.4, -0.2) is 23.7 Å². The van der Waals surface area contributed by atoms with Crippen LogP contribution in [0.2, 0.25) is 0 Å². The highest BCUT2D eigenvalue weighted by atomic mass is 32.1. The summed E-state index contributed by atoms with van der Waals surface area (Å²) in [6.07, 6.45) is 3.44. The minimum Gasteiger partial charge on any atom is -0.395 e. The van der Waals surface area contributed by atoms with Crippen LogP contribution in [0.15, 0.2) is 11.4 Å². The van der Waals surface area contributed by atoms with E-state index in [1.807, 2.05) is 11.4 Å². The van der Waals surface area contributed by atoms with Crippen LogP contribution in [0, 0.1) is 11.8 Å². The molecule has 0 bridgehead atoms. The second-order valence-corrected chi connectivity index (χ2v) is 5.22. The van der Waals surface area contributed by atoms with Crippen LogP contribution < -0.4 is 5.32 Å². The van der Waals surface area contributed by atoms with Gasteiger partial charge in [-0.3, -0.25) is 4.79 Å². The Morgan fingerprint density at radius 3 is 2.95 bits per heavy atom. The third kappa shape index (κ3) is 5.06. The van der Waals surface area contributed by atoms with E-state index < -0.39 is 0 Å². The highest BCUT2D eigenvalue weighted by Crippen LogP contribution is 2.16. The molecule has 1 amide bonds. The predicted octanol–water partition coefficient (Wildman–Crippen LogP) is 2.79. The molecule has 0 aliphatic carbocycles. The molecule has 2 N–H and O–H groups in total. The summed E-state index contributed by atoms with van der Waals surface area (Å²) in [5.74, 6) is 5.75. The summed E-state index contributed by atoms with van der Waals surface area (Å²) in [7, 11) is 0. The van der Waals surface area contributed by atoms with E-state index in [-0.39, 0.29) is 18.6 Å². The van der Waals surface area contributed by atoms with Crippen molar-refractivity contribution in [3.8, 4) is 11.8 Å². The first-order chi connectivity index (χ1) is 9.22. The summed E-state index contributed by atoms with van der Waals surface area (Å²) in [6, 6.07) is 2.09. The molecule has 0 spiro atoms. The van der Waals surface area contributed by atoms with Crippen LogP contribution in [0.1, 0.15) is 54.8 Å². The molecule has 4 heteroatoms. The molecule has 1 aromatic heterocycles. The molecule has 0 fully saturated rings. The maximum Gasteiger partial charge on any atom is 0.262 e. The van der Waals surface area contributed by atoms with Gasteiger partial charge in [-0.15, -0.1) is 11.3 Å². The second kappa shape index (κ2) is 8.73. The van der Waals surface area contributed by atoms with Gasteiger partial charge in [0.25, 0.3) is 5.91 Å². The molecule has 0 aliphatic rings. The molecular formula is C15H21NO2S. The number of carbonyl (C=O) groups is 1. The fourth-order valence-corrected chi connectivity index (χ4v) is 2.53. The zero-order valence-corrected chi connectivity index (χ0v) is 12.3. The van der Waals surface area contributed by atoms with Crippen LogP contribution in [-0.2, 0) is 0 Å². The van der Waals surface area contributed by atoms with Gasteiger partial charge in [0.2, 0.25) is 0 Å². The lowest BCUT2D eigenvalue weighted by Crippen LogP contribution is -2.34. The van der Waals surface area contributed by atoms with Crippen LogP contribution in [0.25, 0.3) is 0 Å². The lowest BCUT2D eigenvalue weighted by atomic mass is 10.1. The fourth-order valence-electron chi connectivity index (χ4n) is 1.77. The van der Waals surface area contributed by atoms with Crippen LogP contribution in [0.3, 0.4) is 0 Å². The highest BCUT2D eigenvalue weighted by Gasteiger charge is 2.15. The lowest BCUT2D eigenvalue weighted by Gasteiger charge is -2.15. The lowest BCUT2D eigenvalue weighted by molar-refractivity contribution is 0.0937. The van der Waals surface area contributed by atoms with Crippen molar-refractivity contribution in [1.29, 1.82) is 0 Å². The standard InChI is InChI=1S/C15H21NO2S/c1-3-7-13(4-2)16-15(18)14-12(9-11-19-14)8-5-6-10-17/h9,11,13,17H,3-4,6-7,10H2,1-2H3,(H,16,18). The molecule has 0 saturated carbocycles. The maximum atomic E-state index is 12.2. The number of rotatable bonds is 6. The molecule has 0 radical (unpaired) electrons. The number of thiophene rings is 1. The summed E-state index contributed by atoms with van der Waals surface area (Å²) in [5.41, 5.74) is 0.752. The van der Waals surface area contributed by atoms with E-state index in [0.29, 0.717) is 11.3 Å². The average molecular weight is 279 g/mol. The number of carbonyl (C=O) groups excluding carboxylic acids is 1. The van der Waals surface area contributed by atoms with E-state index in [9.17, 15) is 4.79 Å². The van der Waals surface area contributed by atoms with Crippen molar-refractivity contribution in [2.24, 2.45) is 0 Å². The van der Waals surface area contributed by atoms with E-state index >= 15 is 0 Å². The van der Waals surface area contributed by atoms with Crippen LogP contribution >= 0.6 is 11.3 Å². The molecule has 104 valence electrons. The molecule has 3 nitrogen and oxygen atoms in total. The smallest absolute Gasteiger partial charge is 0.262 e. The summed E-state index contributed by atoms with van der Waals surface area (Å²) in [6.45, 7) is 4.25. The van der Waals surface area contributed by atoms with Crippen molar-refractivity contribution in [1.82, 2.24) is 5.32 Å². The fraction of sp³-hybridized carbons (Fsp3) is 0.533. The average Bonchev–Trinajstić information content (AvgIpc) is 2.87. The van der Waals surface area contributed by atoms with Crippen molar-refractivity contribution in [2.75, 3.05) is 6.61 Å². The van der Waals surface area contributed by atoms with Crippen molar-refractivity contribution in [3.63, 3.8) is 0 Å². The number of aliphatic hydroxyl groups excluding tert-OH is 1. The molecule has 0 aromatic carbocycles. The minimum atomic E-state index is -0.0383. The molecule has 1 unspecified atom stereocenters. The van der Waals surface area contributed by atoms with E-state index in [2.05, 4.69) is 31.0 Å². The van der Waals surface area contributed by atoms with Gasteiger partial charge in [-0.2, -0.15) is 0 Å². The summed E-state index contributed by atoms with van der Waals surface area (Å²) >= 11 is 1.41. The molecule has 1 aromatic rings. The van der Waals surface area contributed by atoms with E-state index in [1.165, 1.54) is 11.3 Å². The van der Waals surface area contributed by atoms with Gasteiger partial charge in [-0.25, -0.2) is 0 Å². The zero-order chi connectivity index (χ0) is 14.1. The SMILES string of the molecule is CCCC(CC)NC(=O)c1sccc1C#CCCO. The molecule has 1 rings (SSSR count). The number of aliphatic hydroxyl groups is 1. The Morgan fingerprint density at radius 2 is 2.32 bits per heavy atom. The largest absolute Gasteiger partial charge is 0.395 e. The van der Waals surface area contributed by atoms with Crippen molar-refractivity contribution in [3.05, 3.63) is 21.9 Å². The molecule has 1 atom stereocenters. The molecule has 19 heavy (non-hydrogen) atoms. The summed E-state index contributed by atoms with van der Waals surface area (Å²) in [5, 5.41) is 13.6. The molecule has 0 aliphatic heterocycles. The topological polar surface area (TPSA) is 49.3 Å². The highest BCUT2D eigenvalue weighted by molar-refractivity contribution is 7.12. The maximum absolute atomic E-state index is 12.2. The third-order valence-electron chi connectivity index (χ3n) is 2.80. The first-order valence-electron chi connectivity index (χ1n) is 6.71. The van der Waals surface area contributed by atoms with Crippen molar-refractivity contribution in [2.45, 2.75) is 45.6 Å². The van der Waals surface area contributed by atoms with Crippen LogP contribution in [0.5, 0.6) is 0 Å². The van der Waals surface area contributed by atoms with E-state index in [0.717, 1.165) is 24.8 Å². The Morgan fingerprint density at radius 1 is 1.53 bits per heavy atom. The van der Waals surface area contributed by atoms with E-state index in [4.69, 9.17) is 5.11 Å². The van der Waals surface area contributed by atoms with Gasteiger partial charge in [-0.1, -0.05) is 32.1 Å². The van der Waals surface area contributed by atoms with Crippen LogP contribution in [0.4, 0.5) is 0 Å². The van der Waals surface area contributed by atoms with E-state index in [1.54, 1.807) is 0 Å². The molecule has 0 saturated heterocycles. The van der Waals surface area contributed by atoms with Gasteiger partial charge in [0.05, 0.1) is 6.61 Å². The number of nitrogens with one attached hydrogen (secondary N) is 1. The number of hydrogen-bond acceptors (Lipinski definition) is 3. The Kier molecular flexibility index (Phi) is 7.24. The normalized spacial score (nSPS) is 11.5. The Balaban J connectivity index is 2.72. The van der Waals surface area contributed by atoms with Gasteiger partial charge in [-0.05, 0) is 24.3 Å². The zero-order valence-electron chi connectivity index (χ0n) is 11.5. The number of amides is 1. The third-order valence-corrected chi connectivity index (χ3v) is 3.71. The molecular weight excluding hydrogens is 258 g/mol. The predicted molar refractivity (Wildman–Crippen MR) is 79.4 cm³/mol. The van der Waals surface area contributed by atoms with Gasteiger partial charge in [0, 0.05) is 18.0 Å². The quantitative estimate of drug-likeness (QED) is 0.787. The van der Waals surface area contributed by atoms with Gasteiger partial charge < -0.3 is 10.4 Å². The minimum absolute atomic E-state index is 0.0383. The summed E-state index contributed by atoms with van der Waals surface area (Å²) < 4.78 is 0. The Labute approximate surface area is 119 Å². The first-order valence-corrected chi connectivity index (χ1v) is 7.58. The molecule has 1 heterocycles. The monoisotopic (exact) mass is 279 g/mol. The van der Waals surface area contributed by atoms with Gasteiger partial charge in [0.15, 0.2) is 0 Å². The van der Waals surface area contributed by atoms with Gasteiger partial charge in [0.1, 0.15) is 4.88 Å². The first kappa shape index (κ1) is 15.7. The summed E-state index contributed by atoms with van der Waals surface area (Å²) in [4.78, 5) is 12.9. The van der Waals surface area contributed by atoms with Gasteiger partial charge >= 0.3 is 0 Å². The second-order valence-electron chi connectivity index (χ2n) is 4.31. The Hall–Kier alpha value is -1.31. The Bertz CT molecular complexity index is 456. The van der Waals surface area contributed by atoms with Crippen molar-refractivity contribution >= 4 is 17.2 Å². The van der Waals surface area contributed by atoms with Crippen molar-refractivity contribution < 1.29 is 9.90 Å².